The Hall–Kier alpha value is -3.29. The van der Waals surface area contributed by atoms with Crippen LogP contribution in [0.5, 0.6) is 5.75 Å². The van der Waals surface area contributed by atoms with Gasteiger partial charge in [0.2, 0.25) is 0 Å². The van der Waals surface area contributed by atoms with Gasteiger partial charge in [-0.05, 0) is 61.4 Å². The van der Waals surface area contributed by atoms with Gasteiger partial charge in [0, 0.05) is 33.8 Å². The molecule has 0 radical (unpaired) electrons. The third kappa shape index (κ3) is 3.53. The lowest BCUT2D eigenvalue weighted by Crippen LogP contribution is -2.18. The van der Waals surface area contributed by atoms with Crippen LogP contribution >= 0.6 is 8.15 Å². The molecule has 3 nitrogen and oxygen atoms in total. The van der Waals surface area contributed by atoms with E-state index in [2.05, 4.69) is 80.6 Å². The Labute approximate surface area is 177 Å². The van der Waals surface area contributed by atoms with Gasteiger partial charge < -0.3 is 4.52 Å². The molecule has 30 heavy (non-hydrogen) atoms. The highest BCUT2D eigenvalue weighted by Crippen LogP contribution is 2.40. The van der Waals surface area contributed by atoms with Gasteiger partial charge in [0.25, 0.3) is 0 Å². The van der Waals surface area contributed by atoms with Crippen molar-refractivity contribution in [1.82, 2.24) is 9.97 Å². The Kier molecular flexibility index (Phi) is 4.90. The summed E-state index contributed by atoms with van der Waals surface area (Å²) in [4.78, 5) is 9.40. The molecule has 0 aliphatic rings. The van der Waals surface area contributed by atoms with Crippen LogP contribution in [0.2, 0.25) is 0 Å². The average Bonchev–Trinajstić information content (AvgIpc) is 2.76. The number of hydrogen-bond donors (Lipinski definition) is 0. The number of aromatic nitrogens is 2. The van der Waals surface area contributed by atoms with E-state index in [4.69, 9.17) is 14.5 Å². The summed E-state index contributed by atoms with van der Waals surface area (Å²) in [5.41, 5.74) is 4.32. The van der Waals surface area contributed by atoms with Crippen molar-refractivity contribution in [2.45, 2.75) is 13.8 Å². The van der Waals surface area contributed by atoms with Gasteiger partial charge >= 0.3 is 0 Å². The first-order chi connectivity index (χ1) is 14.7. The van der Waals surface area contributed by atoms with E-state index in [0.29, 0.717) is 0 Å². The Morgan fingerprint density at radius 3 is 1.67 bits per heavy atom. The summed E-state index contributed by atoms with van der Waals surface area (Å²) in [6.45, 7) is 4.20. The van der Waals surface area contributed by atoms with Crippen molar-refractivity contribution in [3.8, 4) is 5.75 Å². The molecule has 0 aliphatic carbocycles. The SMILES string of the molecule is Cc1cc(C)cc(OP(c2cccc3cccnc23)c2cccc3cccnc23)c1. The largest absolute Gasteiger partial charge is 0.464 e. The molecule has 0 unspecified atom stereocenters. The summed E-state index contributed by atoms with van der Waals surface area (Å²) in [5, 5.41) is 4.42. The fraction of sp³-hybridized carbons (Fsp3) is 0.0769. The zero-order chi connectivity index (χ0) is 20.5. The standard InChI is InChI=1S/C26H21N2OP/c1-18-15-19(2)17-22(16-18)29-30(23-11-3-7-20-9-5-13-27-25(20)23)24-12-4-8-21-10-6-14-28-26(21)24/h3-17H,1-2H3. The molecule has 5 aromatic rings. The number of benzene rings is 3. The van der Waals surface area contributed by atoms with Gasteiger partial charge in [-0.2, -0.15) is 0 Å². The summed E-state index contributed by atoms with van der Waals surface area (Å²) in [6.07, 6.45) is 3.69. The second kappa shape index (κ2) is 7.85. The van der Waals surface area contributed by atoms with Crippen LogP contribution in [0, 0.1) is 13.8 Å². The van der Waals surface area contributed by atoms with Gasteiger partial charge in [0.15, 0.2) is 8.15 Å². The van der Waals surface area contributed by atoms with E-state index < -0.39 is 8.15 Å². The van der Waals surface area contributed by atoms with Crippen LogP contribution in [0.1, 0.15) is 11.1 Å². The minimum atomic E-state index is -1.18. The quantitative estimate of drug-likeness (QED) is 0.351. The molecule has 146 valence electrons. The summed E-state index contributed by atoms with van der Waals surface area (Å²) < 4.78 is 6.75. The summed E-state index contributed by atoms with van der Waals surface area (Å²) >= 11 is 0. The van der Waals surface area contributed by atoms with Crippen LogP contribution in [0.25, 0.3) is 21.8 Å². The summed E-state index contributed by atoms with van der Waals surface area (Å²) in [7, 11) is -1.18. The fourth-order valence-corrected chi connectivity index (χ4v) is 5.80. The Morgan fingerprint density at radius 2 is 1.13 bits per heavy atom. The zero-order valence-corrected chi connectivity index (χ0v) is 17.8. The minimum absolute atomic E-state index is 0.875. The Balaban J connectivity index is 1.75. The molecule has 5 rings (SSSR count). The molecular weight excluding hydrogens is 387 g/mol. The molecule has 2 heterocycles. The highest BCUT2D eigenvalue weighted by Gasteiger charge is 2.23. The number of nitrogens with zero attached hydrogens (tertiary/aromatic N) is 2. The van der Waals surface area contributed by atoms with Crippen LogP contribution in [0.4, 0.5) is 0 Å². The normalized spacial score (nSPS) is 11.3. The van der Waals surface area contributed by atoms with Gasteiger partial charge in [0.05, 0.1) is 11.0 Å². The minimum Gasteiger partial charge on any atom is -0.464 e. The molecule has 0 N–H and O–H groups in total. The number of pyridine rings is 2. The predicted molar refractivity (Wildman–Crippen MR) is 126 cm³/mol. The number of rotatable bonds is 4. The average molecular weight is 408 g/mol. The molecule has 0 amide bonds. The highest BCUT2D eigenvalue weighted by atomic mass is 31.1. The van der Waals surface area contributed by atoms with E-state index in [0.717, 1.165) is 38.2 Å². The van der Waals surface area contributed by atoms with Crippen molar-refractivity contribution < 1.29 is 4.52 Å². The molecule has 0 bridgehead atoms. The first kappa shape index (κ1) is 18.7. The van der Waals surface area contributed by atoms with Crippen LogP contribution < -0.4 is 15.1 Å². The lowest BCUT2D eigenvalue weighted by molar-refractivity contribution is 0.628. The predicted octanol–water partition coefficient (Wildman–Crippen LogP) is 5.83. The van der Waals surface area contributed by atoms with Crippen LogP contribution in [0.15, 0.2) is 91.3 Å². The third-order valence-electron chi connectivity index (χ3n) is 5.05. The van der Waals surface area contributed by atoms with Crippen LogP contribution in [-0.4, -0.2) is 9.97 Å². The molecule has 0 saturated carbocycles. The monoisotopic (exact) mass is 408 g/mol. The van der Waals surface area contributed by atoms with E-state index in [1.807, 2.05) is 24.5 Å². The maximum Gasteiger partial charge on any atom is 0.155 e. The first-order valence-corrected chi connectivity index (χ1v) is 11.2. The van der Waals surface area contributed by atoms with Gasteiger partial charge in [-0.25, -0.2) is 0 Å². The molecule has 0 aliphatic heterocycles. The Morgan fingerprint density at radius 1 is 0.633 bits per heavy atom. The lowest BCUT2D eigenvalue weighted by Gasteiger charge is -2.22. The second-order valence-corrected chi connectivity index (χ2v) is 9.15. The zero-order valence-electron chi connectivity index (χ0n) is 16.9. The Bertz CT molecular complexity index is 1260. The molecule has 0 fully saturated rings. The van der Waals surface area contributed by atoms with Crippen LogP contribution in [0.3, 0.4) is 0 Å². The van der Waals surface area contributed by atoms with Crippen molar-refractivity contribution in [3.05, 3.63) is 102 Å². The molecular formula is C26H21N2OP. The van der Waals surface area contributed by atoms with Gasteiger partial charge in [0.1, 0.15) is 5.75 Å². The van der Waals surface area contributed by atoms with E-state index in [9.17, 15) is 0 Å². The van der Waals surface area contributed by atoms with Crippen molar-refractivity contribution in [2.24, 2.45) is 0 Å². The molecule has 3 aromatic carbocycles. The van der Waals surface area contributed by atoms with Crippen molar-refractivity contribution in [2.75, 3.05) is 0 Å². The maximum absolute atomic E-state index is 6.75. The number of fused-ring (bicyclic) bond motifs is 2. The van der Waals surface area contributed by atoms with E-state index in [-0.39, 0.29) is 0 Å². The molecule has 0 atom stereocenters. The van der Waals surface area contributed by atoms with Gasteiger partial charge in [-0.3, -0.25) is 9.97 Å². The van der Waals surface area contributed by atoms with Gasteiger partial charge in [-0.15, -0.1) is 0 Å². The fourth-order valence-electron chi connectivity index (χ4n) is 3.82. The maximum atomic E-state index is 6.75. The summed E-state index contributed by atoms with van der Waals surface area (Å²) in [5.74, 6) is 0.875. The topological polar surface area (TPSA) is 35.0 Å². The van der Waals surface area contributed by atoms with Crippen molar-refractivity contribution in [1.29, 1.82) is 0 Å². The van der Waals surface area contributed by atoms with Gasteiger partial charge in [-0.1, -0.05) is 42.5 Å². The molecule has 0 saturated heterocycles. The van der Waals surface area contributed by atoms with Crippen molar-refractivity contribution in [3.63, 3.8) is 0 Å². The third-order valence-corrected chi connectivity index (χ3v) is 7.04. The van der Waals surface area contributed by atoms with Crippen molar-refractivity contribution >= 4 is 40.6 Å². The van der Waals surface area contributed by atoms with Crippen LogP contribution in [-0.2, 0) is 0 Å². The summed E-state index contributed by atoms with van der Waals surface area (Å²) in [6, 6.07) is 27.1. The van der Waals surface area contributed by atoms with E-state index in [1.165, 1.54) is 11.1 Å². The van der Waals surface area contributed by atoms with E-state index in [1.54, 1.807) is 0 Å². The lowest BCUT2D eigenvalue weighted by atomic mass is 10.1. The number of hydrogen-bond acceptors (Lipinski definition) is 3. The highest BCUT2D eigenvalue weighted by molar-refractivity contribution is 7.69. The molecule has 4 heteroatoms. The van der Waals surface area contributed by atoms with E-state index >= 15 is 0 Å². The first-order valence-electron chi connectivity index (χ1n) is 9.93. The second-order valence-electron chi connectivity index (χ2n) is 7.41. The number of para-hydroxylation sites is 2. The molecule has 0 spiro atoms. The molecule has 2 aromatic heterocycles. The smallest absolute Gasteiger partial charge is 0.155 e. The number of aryl methyl sites for hydroxylation is 2.